The zero-order valence-electron chi connectivity index (χ0n) is 19.1. The van der Waals surface area contributed by atoms with Crippen molar-refractivity contribution in [1.29, 1.82) is 0 Å². The number of aliphatic hydroxyl groups is 1. The summed E-state index contributed by atoms with van der Waals surface area (Å²) in [6.45, 7) is 5.46. The smallest absolute Gasteiger partial charge is 0.219 e. The first-order valence-corrected chi connectivity index (χ1v) is 11.8. The molecule has 0 aliphatic rings. The minimum atomic E-state index is -1.01. The van der Waals surface area contributed by atoms with Crippen molar-refractivity contribution in [2.24, 2.45) is 0 Å². The number of halogens is 1. The molecule has 0 saturated carbocycles. The molecule has 0 saturated heterocycles. The first-order chi connectivity index (χ1) is 14.9. The predicted octanol–water partition coefficient (Wildman–Crippen LogP) is 5.45. The number of unbranched alkanes of at least 4 members (excludes halogenated alkanes) is 1. The number of aryl methyl sites for hydroxylation is 1. The predicted molar refractivity (Wildman–Crippen MR) is 130 cm³/mol. The van der Waals surface area contributed by atoms with Crippen LogP contribution in [0.5, 0.6) is 0 Å². The lowest BCUT2D eigenvalue weighted by Gasteiger charge is -2.32. The minimum absolute atomic E-state index is 0.0392. The first kappa shape index (κ1) is 25.4. The zero-order chi connectivity index (χ0) is 22.7. The van der Waals surface area contributed by atoms with E-state index < -0.39 is 5.60 Å². The normalized spacial score (nSPS) is 13.1. The van der Waals surface area contributed by atoms with Crippen molar-refractivity contribution in [2.75, 3.05) is 20.1 Å². The van der Waals surface area contributed by atoms with Crippen LogP contribution in [-0.4, -0.2) is 31.2 Å². The summed E-state index contributed by atoms with van der Waals surface area (Å²) in [5.41, 5.74) is 3.05. The maximum Gasteiger partial charge on any atom is 0.219 e. The van der Waals surface area contributed by atoms with Gasteiger partial charge >= 0.3 is 0 Å². The third-order valence-electron chi connectivity index (χ3n) is 5.82. The lowest BCUT2D eigenvalue weighted by molar-refractivity contribution is -0.120. The topological polar surface area (TPSA) is 61.4 Å². The van der Waals surface area contributed by atoms with Crippen molar-refractivity contribution in [2.45, 2.75) is 64.4 Å². The van der Waals surface area contributed by atoms with E-state index in [1.54, 1.807) is 0 Å². The van der Waals surface area contributed by atoms with Gasteiger partial charge < -0.3 is 15.7 Å². The van der Waals surface area contributed by atoms with Crippen LogP contribution in [0.3, 0.4) is 0 Å². The Balaban J connectivity index is 2.37. The standard InChI is InChI=1S/C26H37ClN2O2/c1-4-20-11-8-12-21(19-20)25-22(13-9-14-23(25)27)26(31,15-6-7-17-28-3)16-10-18-29-24(30)5-2/h8-9,11-14,19,28,31H,4-7,10,15-18H2,1-3H3,(H,29,30). The summed E-state index contributed by atoms with van der Waals surface area (Å²) in [5.74, 6) is 0.0392. The number of hydrogen-bond donors (Lipinski definition) is 3. The van der Waals surface area contributed by atoms with Crippen LogP contribution in [0.1, 0.15) is 63.5 Å². The lowest BCUT2D eigenvalue weighted by Crippen LogP contribution is -2.30. The number of amides is 1. The van der Waals surface area contributed by atoms with Crippen LogP contribution in [0, 0.1) is 0 Å². The second-order valence-corrected chi connectivity index (χ2v) is 8.52. The van der Waals surface area contributed by atoms with Gasteiger partial charge in [0.1, 0.15) is 0 Å². The Morgan fingerprint density at radius 1 is 1.03 bits per heavy atom. The van der Waals surface area contributed by atoms with Gasteiger partial charge in [-0.1, -0.05) is 61.8 Å². The summed E-state index contributed by atoms with van der Waals surface area (Å²) in [5, 5.41) is 18.7. The van der Waals surface area contributed by atoms with Crippen molar-refractivity contribution in [1.82, 2.24) is 10.6 Å². The van der Waals surface area contributed by atoms with Gasteiger partial charge in [0.15, 0.2) is 0 Å². The molecule has 2 aromatic rings. The van der Waals surface area contributed by atoms with Crippen molar-refractivity contribution >= 4 is 17.5 Å². The summed E-state index contributed by atoms with van der Waals surface area (Å²) in [4.78, 5) is 11.6. The Morgan fingerprint density at radius 2 is 1.77 bits per heavy atom. The second-order valence-electron chi connectivity index (χ2n) is 8.12. The van der Waals surface area contributed by atoms with Crippen molar-refractivity contribution in [3.8, 4) is 11.1 Å². The Bertz CT molecular complexity index is 840. The summed E-state index contributed by atoms with van der Waals surface area (Å²) in [6, 6.07) is 14.2. The monoisotopic (exact) mass is 444 g/mol. The van der Waals surface area contributed by atoms with Gasteiger partial charge in [-0.15, -0.1) is 0 Å². The van der Waals surface area contributed by atoms with E-state index in [1.165, 1.54) is 5.56 Å². The maximum atomic E-state index is 11.9. The van der Waals surface area contributed by atoms with Crippen molar-refractivity contribution < 1.29 is 9.90 Å². The van der Waals surface area contributed by atoms with E-state index in [0.717, 1.165) is 42.5 Å². The highest BCUT2D eigenvalue weighted by Gasteiger charge is 2.32. The molecule has 2 aromatic carbocycles. The summed E-state index contributed by atoms with van der Waals surface area (Å²) >= 11 is 6.69. The van der Waals surface area contributed by atoms with E-state index in [9.17, 15) is 9.90 Å². The van der Waals surface area contributed by atoms with Gasteiger partial charge in [0.25, 0.3) is 0 Å². The number of nitrogens with one attached hydrogen (secondary N) is 2. The molecule has 1 atom stereocenters. The summed E-state index contributed by atoms with van der Waals surface area (Å²) in [7, 11) is 1.94. The molecule has 3 N–H and O–H groups in total. The van der Waals surface area contributed by atoms with E-state index in [0.29, 0.717) is 37.3 Å². The van der Waals surface area contributed by atoms with E-state index >= 15 is 0 Å². The Kier molecular flexibility index (Phi) is 10.5. The molecule has 31 heavy (non-hydrogen) atoms. The highest BCUT2D eigenvalue weighted by molar-refractivity contribution is 6.33. The van der Waals surface area contributed by atoms with Gasteiger partial charge in [-0.2, -0.15) is 0 Å². The fraction of sp³-hybridized carbons (Fsp3) is 0.500. The molecule has 2 rings (SSSR count). The molecule has 5 heteroatoms. The highest BCUT2D eigenvalue weighted by Crippen LogP contribution is 2.42. The van der Waals surface area contributed by atoms with Crippen LogP contribution < -0.4 is 10.6 Å². The van der Waals surface area contributed by atoms with Gasteiger partial charge in [-0.25, -0.2) is 0 Å². The maximum absolute atomic E-state index is 11.9. The molecule has 170 valence electrons. The number of benzene rings is 2. The van der Waals surface area contributed by atoms with Crippen LogP contribution >= 0.6 is 11.6 Å². The Labute approximate surface area is 192 Å². The molecule has 1 unspecified atom stereocenters. The average molecular weight is 445 g/mol. The molecule has 0 bridgehead atoms. The molecule has 0 aromatic heterocycles. The highest BCUT2D eigenvalue weighted by atomic mass is 35.5. The second kappa shape index (κ2) is 12.8. The number of carbonyl (C=O) groups excluding carboxylic acids is 1. The number of rotatable bonds is 13. The molecule has 0 fully saturated rings. The molecular formula is C26H37ClN2O2. The van der Waals surface area contributed by atoms with Gasteiger partial charge in [0.2, 0.25) is 5.91 Å². The quantitative estimate of drug-likeness (QED) is 0.360. The number of hydrogen-bond acceptors (Lipinski definition) is 3. The fourth-order valence-corrected chi connectivity index (χ4v) is 4.28. The number of carbonyl (C=O) groups is 1. The molecule has 1 amide bonds. The fourth-order valence-electron chi connectivity index (χ4n) is 4.00. The molecule has 4 nitrogen and oxygen atoms in total. The molecular weight excluding hydrogens is 408 g/mol. The van der Waals surface area contributed by atoms with Crippen molar-refractivity contribution in [3.63, 3.8) is 0 Å². The van der Waals surface area contributed by atoms with E-state index in [1.807, 2.05) is 38.2 Å². The Hall–Kier alpha value is -1.88. The SMILES string of the molecule is CCC(=O)NCCCC(O)(CCCCNC)c1cccc(Cl)c1-c1cccc(CC)c1. The van der Waals surface area contributed by atoms with Crippen LogP contribution in [0.2, 0.25) is 5.02 Å². The van der Waals surface area contributed by atoms with Gasteiger partial charge in [-0.05, 0) is 74.9 Å². The largest absolute Gasteiger partial charge is 0.385 e. The van der Waals surface area contributed by atoms with Crippen LogP contribution in [0.15, 0.2) is 42.5 Å². The van der Waals surface area contributed by atoms with Gasteiger partial charge in [0, 0.05) is 23.6 Å². The van der Waals surface area contributed by atoms with E-state index in [-0.39, 0.29) is 5.91 Å². The van der Waals surface area contributed by atoms with Gasteiger partial charge in [0.05, 0.1) is 5.60 Å². The van der Waals surface area contributed by atoms with Crippen LogP contribution in [0.4, 0.5) is 0 Å². The average Bonchev–Trinajstić information content (AvgIpc) is 2.79. The third-order valence-corrected chi connectivity index (χ3v) is 6.13. The lowest BCUT2D eigenvalue weighted by atomic mass is 9.80. The van der Waals surface area contributed by atoms with E-state index in [4.69, 9.17) is 11.6 Å². The Morgan fingerprint density at radius 3 is 2.48 bits per heavy atom. The van der Waals surface area contributed by atoms with E-state index in [2.05, 4.69) is 35.8 Å². The molecule has 0 radical (unpaired) electrons. The molecule has 0 heterocycles. The summed E-state index contributed by atoms with van der Waals surface area (Å²) in [6.07, 6.45) is 5.23. The molecule has 0 aliphatic carbocycles. The first-order valence-electron chi connectivity index (χ1n) is 11.5. The zero-order valence-corrected chi connectivity index (χ0v) is 19.9. The van der Waals surface area contributed by atoms with Gasteiger partial charge in [-0.3, -0.25) is 4.79 Å². The third kappa shape index (κ3) is 7.34. The van der Waals surface area contributed by atoms with Crippen LogP contribution in [0.25, 0.3) is 11.1 Å². The minimum Gasteiger partial charge on any atom is -0.385 e. The molecule has 0 aliphatic heterocycles. The van der Waals surface area contributed by atoms with Crippen molar-refractivity contribution in [3.05, 3.63) is 58.6 Å². The van der Waals surface area contributed by atoms with Crippen LogP contribution in [-0.2, 0) is 16.8 Å². The summed E-state index contributed by atoms with van der Waals surface area (Å²) < 4.78 is 0. The molecule has 0 spiro atoms.